The molecule has 0 amide bonds. The number of anilines is 1. The van der Waals surface area contributed by atoms with Gasteiger partial charge in [-0.3, -0.25) is 0 Å². The van der Waals surface area contributed by atoms with Gasteiger partial charge in [0, 0.05) is 37.4 Å². The molecule has 1 unspecified atom stereocenters. The predicted octanol–water partition coefficient (Wildman–Crippen LogP) is 2.15. The standard InChI is InChI=1S/C12H16F2N2/c1-2-11-8-16(4-3-15-11)12-6-9(13)5-10(14)7-12/h5-7,11,15H,2-4,8H2,1H3. The molecule has 88 valence electrons. The average molecular weight is 226 g/mol. The highest BCUT2D eigenvalue weighted by molar-refractivity contribution is 5.47. The first-order valence-corrected chi connectivity index (χ1v) is 5.63. The van der Waals surface area contributed by atoms with Crippen LogP contribution in [0.4, 0.5) is 14.5 Å². The van der Waals surface area contributed by atoms with Gasteiger partial charge in [-0.25, -0.2) is 8.78 Å². The fraction of sp³-hybridized carbons (Fsp3) is 0.500. The van der Waals surface area contributed by atoms with Gasteiger partial charge >= 0.3 is 0 Å². The van der Waals surface area contributed by atoms with Crippen LogP contribution >= 0.6 is 0 Å². The number of halogens is 2. The molecule has 1 N–H and O–H groups in total. The Morgan fingerprint density at radius 3 is 2.62 bits per heavy atom. The summed E-state index contributed by atoms with van der Waals surface area (Å²) in [6.07, 6.45) is 1.02. The summed E-state index contributed by atoms with van der Waals surface area (Å²) in [5, 5.41) is 3.37. The number of piperazine rings is 1. The van der Waals surface area contributed by atoms with E-state index in [-0.39, 0.29) is 0 Å². The van der Waals surface area contributed by atoms with E-state index >= 15 is 0 Å². The van der Waals surface area contributed by atoms with Crippen LogP contribution in [-0.4, -0.2) is 25.7 Å². The van der Waals surface area contributed by atoms with Crippen molar-refractivity contribution in [2.75, 3.05) is 24.5 Å². The normalized spacial score (nSPS) is 21.2. The molecule has 0 radical (unpaired) electrons. The van der Waals surface area contributed by atoms with E-state index in [1.807, 2.05) is 4.90 Å². The van der Waals surface area contributed by atoms with Crippen molar-refractivity contribution in [3.05, 3.63) is 29.8 Å². The molecule has 2 rings (SSSR count). The van der Waals surface area contributed by atoms with Crippen molar-refractivity contribution < 1.29 is 8.78 Å². The SMILES string of the molecule is CCC1CN(c2cc(F)cc(F)c2)CCN1. The third-order valence-electron chi connectivity index (χ3n) is 2.96. The van der Waals surface area contributed by atoms with E-state index in [0.29, 0.717) is 11.7 Å². The maximum Gasteiger partial charge on any atom is 0.128 e. The zero-order chi connectivity index (χ0) is 11.5. The van der Waals surface area contributed by atoms with Crippen molar-refractivity contribution in [3.8, 4) is 0 Å². The van der Waals surface area contributed by atoms with Gasteiger partial charge in [0.1, 0.15) is 11.6 Å². The minimum absolute atomic E-state index is 0.403. The molecule has 0 bridgehead atoms. The molecule has 1 aromatic rings. The van der Waals surface area contributed by atoms with Gasteiger partial charge in [0.05, 0.1) is 0 Å². The molecule has 0 saturated carbocycles. The first-order valence-electron chi connectivity index (χ1n) is 5.63. The van der Waals surface area contributed by atoms with E-state index < -0.39 is 11.6 Å². The Morgan fingerprint density at radius 1 is 1.31 bits per heavy atom. The Morgan fingerprint density at radius 2 is 2.00 bits per heavy atom. The van der Waals surface area contributed by atoms with E-state index in [0.717, 1.165) is 32.1 Å². The van der Waals surface area contributed by atoms with Crippen LogP contribution in [0.3, 0.4) is 0 Å². The van der Waals surface area contributed by atoms with Crippen LogP contribution in [0.15, 0.2) is 18.2 Å². The molecule has 1 aromatic carbocycles. The monoisotopic (exact) mass is 226 g/mol. The first kappa shape index (κ1) is 11.3. The average Bonchev–Trinajstić information content (AvgIpc) is 2.28. The van der Waals surface area contributed by atoms with E-state index in [4.69, 9.17) is 0 Å². The minimum atomic E-state index is -0.512. The summed E-state index contributed by atoms with van der Waals surface area (Å²) in [5.74, 6) is -1.02. The molecular weight excluding hydrogens is 210 g/mol. The molecule has 0 aliphatic carbocycles. The summed E-state index contributed by atoms with van der Waals surface area (Å²) in [6, 6.07) is 4.09. The van der Waals surface area contributed by atoms with Gasteiger partial charge in [0.15, 0.2) is 0 Å². The maximum absolute atomic E-state index is 13.1. The summed E-state index contributed by atoms with van der Waals surface area (Å²) in [4.78, 5) is 2.02. The molecule has 4 heteroatoms. The van der Waals surface area contributed by atoms with E-state index in [2.05, 4.69) is 12.2 Å². The van der Waals surface area contributed by atoms with E-state index in [9.17, 15) is 8.78 Å². The molecule has 1 aliphatic heterocycles. The molecule has 2 nitrogen and oxygen atoms in total. The fourth-order valence-electron chi connectivity index (χ4n) is 2.06. The zero-order valence-electron chi connectivity index (χ0n) is 9.34. The van der Waals surface area contributed by atoms with Crippen molar-refractivity contribution >= 4 is 5.69 Å². The molecule has 1 aliphatic rings. The number of hydrogen-bond donors (Lipinski definition) is 1. The number of nitrogens with one attached hydrogen (secondary N) is 1. The van der Waals surface area contributed by atoms with Crippen molar-refractivity contribution in [1.82, 2.24) is 5.32 Å². The van der Waals surface area contributed by atoms with Crippen molar-refractivity contribution in [3.63, 3.8) is 0 Å². The summed E-state index contributed by atoms with van der Waals surface area (Å²) in [7, 11) is 0. The van der Waals surface area contributed by atoms with Crippen LogP contribution in [0, 0.1) is 11.6 Å². The molecule has 0 spiro atoms. The molecule has 1 saturated heterocycles. The van der Waals surface area contributed by atoms with Crippen LogP contribution in [0.5, 0.6) is 0 Å². The van der Waals surface area contributed by atoms with Crippen molar-refractivity contribution in [1.29, 1.82) is 0 Å². The van der Waals surface area contributed by atoms with Gasteiger partial charge in [0.25, 0.3) is 0 Å². The van der Waals surface area contributed by atoms with Crippen molar-refractivity contribution in [2.24, 2.45) is 0 Å². The summed E-state index contributed by atoms with van der Waals surface area (Å²) >= 11 is 0. The number of rotatable bonds is 2. The van der Waals surface area contributed by atoms with Crippen LogP contribution in [0.1, 0.15) is 13.3 Å². The Hall–Kier alpha value is -1.16. The largest absolute Gasteiger partial charge is 0.369 e. The highest BCUT2D eigenvalue weighted by atomic mass is 19.1. The Bertz CT molecular complexity index is 348. The number of hydrogen-bond acceptors (Lipinski definition) is 2. The third kappa shape index (κ3) is 2.50. The van der Waals surface area contributed by atoms with Gasteiger partial charge in [0.2, 0.25) is 0 Å². The summed E-state index contributed by atoms with van der Waals surface area (Å²) in [6.45, 7) is 4.56. The number of nitrogens with zero attached hydrogens (tertiary/aromatic N) is 1. The third-order valence-corrected chi connectivity index (χ3v) is 2.96. The van der Waals surface area contributed by atoms with Gasteiger partial charge in [-0.05, 0) is 18.6 Å². The van der Waals surface area contributed by atoms with Crippen LogP contribution in [-0.2, 0) is 0 Å². The van der Waals surface area contributed by atoms with E-state index in [1.165, 1.54) is 12.1 Å². The minimum Gasteiger partial charge on any atom is -0.369 e. The molecule has 1 atom stereocenters. The van der Waals surface area contributed by atoms with Gasteiger partial charge in [-0.2, -0.15) is 0 Å². The maximum atomic E-state index is 13.1. The molecular formula is C12H16F2N2. The Kier molecular flexibility index (Phi) is 3.39. The highest BCUT2D eigenvalue weighted by Crippen LogP contribution is 2.19. The summed E-state index contributed by atoms with van der Waals surface area (Å²) < 4.78 is 26.2. The topological polar surface area (TPSA) is 15.3 Å². The van der Waals surface area contributed by atoms with Crippen molar-refractivity contribution in [2.45, 2.75) is 19.4 Å². The predicted molar refractivity (Wildman–Crippen MR) is 60.7 cm³/mol. The highest BCUT2D eigenvalue weighted by Gasteiger charge is 2.18. The van der Waals surface area contributed by atoms with E-state index in [1.54, 1.807) is 0 Å². The second-order valence-corrected chi connectivity index (χ2v) is 4.13. The van der Waals surface area contributed by atoms with Gasteiger partial charge in [-0.1, -0.05) is 6.92 Å². The molecule has 1 fully saturated rings. The smallest absolute Gasteiger partial charge is 0.128 e. The molecule has 16 heavy (non-hydrogen) atoms. The van der Waals surface area contributed by atoms with Gasteiger partial charge < -0.3 is 10.2 Å². The van der Waals surface area contributed by atoms with Crippen LogP contribution in [0.2, 0.25) is 0 Å². The lowest BCUT2D eigenvalue weighted by molar-refractivity contribution is 0.446. The fourth-order valence-corrected chi connectivity index (χ4v) is 2.06. The zero-order valence-corrected chi connectivity index (χ0v) is 9.34. The first-order chi connectivity index (χ1) is 7.69. The van der Waals surface area contributed by atoms with Crippen LogP contribution < -0.4 is 10.2 Å². The Balaban J connectivity index is 2.16. The lowest BCUT2D eigenvalue weighted by Gasteiger charge is -2.34. The summed E-state index contributed by atoms with van der Waals surface area (Å²) in [5.41, 5.74) is 0.637. The second-order valence-electron chi connectivity index (χ2n) is 4.13. The molecule has 1 heterocycles. The quantitative estimate of drug-likeness (QED) is 0.831. The Labute approximate surface area is 94.3 Å². The molecule has 0 aromatic heterocycles. The lowest BCUT2D eigenvalue weighted by atomic mass is 10.1. The van der Waals surface area contributed by atoms with Gasteiger partial charge in [-0.15, -0.1) is 0 Å². The number of benzene rings is 1. The van der Waals surface area contributed by atoms with Crippen LogP contribution in [0.25, 0.3) is 0 Å². The lowest BCUT2D eigenvalue weighted by Crippen LogP contribution is -2.50. The second kappa shape index (κ2) is 4.78.